The minimum absolute atomic E-state index is 0.581. The number of nitrogens with one attached hydrogen (secondary N) is 1. The fourth-order valence-corrected chi connectivity index (χ4v) is 4.32. The van der Waals surface area contributed by atoms with Gasteiger partial charge in [0.05, 0.1) is 0 Å². The van der Waals surface area contributed by atoms with Crippen molar-refractivity contribution in [1.82, 2.24) is 10.2 Å². The van der Waals surface area contributed by atoms with E-state index < -0.39 is 0 Å². The van der Waals surface area contributed by atoms with Crippen LogP contribution in [0.4, 0.5) is 0 Å². The Labute approximate surface area is 120 Å². The molecule has 0 amide bonds. The van der Waals surface area contributed by atoms with Crippen LogP contribution in [-0.2, 0) is 0 Å². The van der Waals surface area contributed by atoms with Crippen molar-refractivity contribution in [1.29, 1.82) is 0 Å². The van der Waals surface area contributed by atoms with E-state index in [1.54, 1.807) is 0 Å². The normalized spacial score (nSPS) is 25.9. The SMILES string of the molecule is CNCC1(CN2CCC(C(C)C)CC2)CCCCC1. The summed E-state index contributed by atoms with van der Waals surface area (Å²) in [6.45, 7) is 10.0. The van der Waals surface area contributed by atoms with Crippen molar-refractivity contribution < 1.29 is 0 Å². The third-order valence-corrected chi connectivity index (χ3v) is 5.60. The first-order valence-corrected chi connectivity index (χ1v) is 8.52. The Morgan fingerprint density at radius 3 is 2.26 bits per heavy atom. The molecule has 0 radical (unpaired) electrons. The molecule has 0 aromatic heterocycles. The molecule has 2 heteroatoms. The lowest BCUT2D eigenvalue weighted by molar-refractivity contribution is 0.0719. The van der Waals surface area contributed by atoms with Crippen LogP contribution in [0.1, 0.15) is 58.8 Å². The molecular formula is C17H34N2. The van der Waals surface area contributed by atoms with E-state index in [0.29, 0.717) is 5.41 Å². The number of piperidine rings is 1. The maximum atomic E-state index is 3.47. The zero-order valence-electron chi connectivity index (χ0n) is 13.4. The summed E-state index contributed by atoms with van der Waals surface area (Å²) in [5.74, 6) is 1.85. The second-order valence-corrected chi connectivity index (χ2v) is 7.45. The predicted octanol–water partition coefficient (Wildman–Crippen LogP) is 3.52. The Kier molecular flexibility index (Phi) is 5.70. The van der Waals surface area contributed by atoms with Crippen molar-refractivity contribution in [3.8, 4) is 0 Å². The summed E-state index contributed by atoms with van der Waals surface area (Å²) in [5.41, 5.74) is 0.581. The number of likely N-dealkylation sites (tertiary alicyclic amines) is 1. The molecule has 0 aromatic rings. The first-order valence-electron chi connectivity index (χ1n) is 8.52. The molecule has 2 fully saturated rings. The topological polar surface area (TPSA) is 15.3 Å². The number of rotatable bonds is 5. The zero-order chi connectivity index (χ0) is 13.7. The maximum Gasteiger partial charge on any atom is 0.00501 e. The Morgan fingerprint density at radius 2 is 1.74 bits per heavy atom. The molecule has 2 rings (SSSR count). The molecule has 1 N–H and O–H groups in total. The van der Waals surface area contributed by atoms with Crippen LogP contribution in [0.5, 0.6) is 0 Å². The summed E-state index contributed by atoms with van der Waals surface area (Å²) in [7, 11) is 2.13. The summed E-state index contributed by atoms with van der Waals surface area (Å²) in [6, 6.07) is 0. The van der Waals surface area contributed by atoms with Crippen LogP contribution >= 0.6 is 0 Å². The zero-order valence-corrected chi connectivity index (χ0v) is 13.4. The highest BCUT2D eigenvalue weighted by Crippen LogP contribution is 2.37. The number of hydrogen-bond acceptors (Lipinski definition) is 2. The van der Waals surface area contributed by atoms with Gasteiger partial charge in [0.25, 0.3) is 0 Å². The van der Waals surface area contributed by atoms with E-state index in [9.17, 15) is 0 Å². The molecule has 1 saturated carbocycles. The Hall–Kier alpha value is -0.0800. The van der Waals surface area contributed by atoms with Crippen molar-refractivity contribution in [2.45, 2.75) is 58.8 Å². The molecule has 1 aliphatic carbocycles. The lowest BCUT2D eigenvalue weighted by atomic mass is 9.73. The van der Waals surface area contributed by atoms with Crippen molar-refractivity contribution in [3.63, 3.8) is 0 Å². The first kappa shape index (κ1) is 15.3. The fourth-order valence-electron chi connectivity index (χ4n) is 4.32. The molecule has 0 bridgehead atoms. The van der Waals surface area contributed by atoms with Crippen LogP contribution in [-0.4, -0.2) is 38.1 Å². The van der Waals surface area contributed by atoms with Gasteiger partial charge in [0, 0.05) is 13.1 Å². The summed E-state index contributed by atoms with van der Waals surface area (Å²) in [5, 5.41) is 3.47. The fraction of sp³-hybridized carbons (Fsp3) is 1.00. The maximum absolute atomic E-state index is 3.47. The summed E-state index contributed by atoms with van der Waals surface area (Å²) in [6.07, 6.45) is 10.1. The van der Waals surface area contributed by atoms with Crippen LogP contribution in [0.2, 0.25) is 0 Å². The van der Waals surface area contributed by atoms with E-state index in [1.165, 1.54) is 71.1 Å². The predicted molar refractivity (Wildman–Crippen MR) is 83.4 cm³/mol. The van der Waals surface area contributed by atoms with Gasteiger partial charge < -0.3 is 10.2 Å². The van der Waals surface area contributed by atoms with Gasteiger partial charge in [-0.3, -0.25) is 0 Å². The second kappa shape index (κ2) is 7.08. The first-order chi connectivity index (χ1) is 9.15. The molecule has 0 atom stereocenters. The second-order valence-electron chi connectivity index (χ2n) is 7.45. The highest BCUT2D eigenvalue weighted by Gasteiger charge is 2.34. The molecule has 1 heterocycles. The van der Waals surface area contributed by atoms with Crippen LogP contribution in [0, 0.1) is 17.3 Å². The van der Waals surface area contributed by atoms with Gasteiger partial charge in [-0.05, 0) is 63.1 Å². The molecule has 1 aliphatic heterocycles. The van der Waals surface area contributed by atoms with Gasteiger partial charge in [-0.2, -0.15) is 0 Å². The van der Waals surface area contributed by atoms with Gasteiger partial charge in [-0.1, -0.05) is 33.1 Å². The standard InChI is InChI=1S/C17H34N2/c1-15(2)16-7-11-19(12-8-16)14-17(13-18-3)9-5-4-6-10-17/h15-16,18H,4-14H2,1-3H3. The largest absolute Gasteiger partial charge is 0.319 e. The van der Waals surface area contributed by atoms with Gasteiger partial charge >= 0.3 is 0 Å². The summed E-state index contributed by atoms with van der Waals surface area (Å²) >= 11 is 0. The van der Waals surface area contributed by atoms with Gasteiger partial charge in [0.2, 0.25) is 0 Å². The van der Waals surface area contributed by atoms with Crippen molar-refractivity contribution in [2.75, 3.05) is 33.2 Å². The highest BCUT2D eigenvalue weighted by molar-refractivity contribution is 4.89. The van der Waals surface area contributed by atoms with Gasteiger partial charge in [-0.15, -0.1) is 0 Å². The summed E-state index contributed by atoms with van der Waals surface area (Å²) in [4.78, 5) is 2.77. The lowest BCUT2D eigenvalue weighted by Gasteiger charge is -2.43. The average molecular weight is 266 g/mol. The molecule has 1 saturated heterocycles. The molecular weight excluding hydrogens is 232 g/mol. The molecule has 0 spiro atoms. The molecule has 19 heavy (non-hydrogen) atoms. The number of hydrogen-bond donors (Lipinski definition) is 1. The Bertz CT molecular complexity index is 242. The van der Waals surface area contributed by atoms with Crippen LogP contribution in [0.25, 0.3) is 0 Å². The molecule has 112 valence electrons. The minimum atomic E-state index is 0.581. The smallest absolute Gasteiger partial charge is 0.00501 e. The van der Waals surface area contributed by atoms with E-state index in [4.69, 9.17) is 0 Å². The minimum Gasteiger partial charge on any atom is -0.319 e. The van der Waals surface area contributed by atoms with E-state index >= 15 is 0 Å². The van der Waals surface area contributed by atoms with Crippen molar-refractivity contribution in [3.05, 3.63) is 0 Å². The lowest BCUT2D eigenvalue weighted by Crippen LogP contribution is -2.47. The molecule has 0 unspecified atom stereocenters. The van der Waals surface area contributed by atoms with Crippen LogP contribution in [0.15, 0.2) is 0 Å². The molecule has 0 aromatic carbocycles. The van der Waals surface area contributed by atoms with E-state index in [2.05, 4.69) is 31.1 Å². The quantitative estimate of drug-likeness (QED) is 0.819. The Balaban J connectivity index is 1.85. The van der Waals surface area contributed by atoms with Crippen molar-refractivity contribution >= 4 is 0 Å². The van der Waals surface area contributed by atoms with E-state index in [1.807, 2.05) is 0 Å². The third-order valence-electron chi connectivity index (χ3n) is 5.60. The third kappa shape index (κ3) is 4.19. The van der Waals surface area contributed by atoms with Gasteiger partial charge in [0.15, 0.2) is 0 Å². The highest BCUT2D eigenvalue weighted by atomic mass is 15.1. The summed E-state index contributed by atoms with van der Waals surface area (Å²) < 4.78 is 0. The average Bonchev–Trinajstić information content (AvgIpc) is 2.40. The number of nitrogens with zero attached hydrogens (tertiary/aromatic N) is 1. The van der Waals surface area contributed by atoms with E-state index in [0.717, 1.165) is 11.8 Å². The van der Waals surface area contributed by atoms with Crippen molar-refractivity contribution in [2.24, 2.45) is 17.3 Å². The van der Waals surface area contributed by atoms with Gasteiger partial charge in [-0.25, -0.2) is 0 Å². The Morgan fingerprint density at radius 1 is 1.11 bits per heavy atom. The molecule has 2 nitrogen and oxygen atoms in total. The van der Waals surface area contributed by atoms with Gasteiger partial charge in [0.1, 0.15) is 0 Å². The van der Waals surface area contributed by atoms with Crippen LogP contribution < -0.4 is 5.32 Å². The van der Waals surface area contributed by atoms with Crippen LogP contribution in [0.3, 0.4) is 0 Å². The molecule has 2 aliphatic rings. The van der Waals surface area contributed by atoms with E-state index in [-0.39, 0.29) is 0 Å². The monoisotopic (exact) mass is 266 g/mol.